The Bertz CT molecular complexity index is 468. The highest BCUT2D eigenvalue weighted by Crippen LogP contribution is 2.32. The highest BCUT2D eigenvalue weighted by Gasteiger charge is 2.28. The molecular formula is C14H21ClN2O3. The van der Waals surface area contributed by atoms with E-state index in [1.165, 1.54) is 0 Å². The molecule has 1 aliphatic rings. The molecule has 0 radical (unpaired) electrons. The molecule has 1 aromatic rings. The van der Waals surface area contributed by atoms with E-state index in [0.717, 1.165) is 19.5 Å². The number of likely N-dealkylation sites (tertiary alicyclic amines) is 1. The molecule has 0 aromatic heterocycles. The van der Waals surface area contributed by atoms with Gasteiger partial charge in [0.1, 0.15) is 0 Å². The van der Waals surface area contributed by atoms with Crippen molar-refractivity contribution in [1.82, 2.24) is 10.2 Å². The number of amides is 1. The molecule has 5 nitrogen and oxygen atoms in total. The van der Waals surface area contributed by atoms with Crippen LogP contribution in [0.25, 0.3) is 0 Å². The number of benzene rings is 1. The SMILES string of the molecule is CNC1CCN(C(=O)c2cccc(OC)c2OC)C1.Cl. The molecule has 0 aliphatic carbocycles. The van der Waals surface area contributed by atoms with Crippen molar-refractivity contribution in [3.63, 3.8) is 0 Å². The van der Waals surface area contributed by atoms with Gasteiger partial charge in [-0.2, -0.15) is 0 Å². The first kappa shape index (κ1) is 16.6. The molecule has 1 N–H and O–H groups in total. The van der Waals surface area contributed by atoms with Crippen molar-refractivity contribution in [2.24, 2.45) is 0 Å². The smallest absolute Gasteiger partial charge is 0.257 e. The van der Waals surface area contributed by atoms with E-state index in [0.29, 0.717) is 23.1 Å². The largest absolute Gasteiger partial charge is 0.493 e. The molecule has 0 saturated carbocycles. The van der Waals surface area contributed by atoms with Gasteiger partial charge in [0.25, 0.3) is 5.91 Å². The van der Waals surface area contributed by atoms with Gasteiger partial charge in [-0.1, -0.05) is 6.07 Å². The number of hydrogen-bond acceptors (Lipinski definition) is 4. The van der Waals surface area contributed by atoms with Crippen LogP contribution in [0.1, 0.15) is 16.8 Å². The van der Waals surface area contributed by atoms with E-state index in [1.807, 2.05) is 11.9 Å². The summed E-state index contributed by atoms with van der Waals surface area (Å²) in [5.41, 5.74) is 0.554. The predicted octanol–water partition coefficient (Wildman–Crippen LogP) is 1.56. The summed E-state index contributed by atoms with van der Waals surface area (Å²) in [7, 11) is 5.04. The molecule has 1 unspecified atom stereocenters. The summed E-state index contributed by atoms with van der Waals surface area (Å²) in [5, 5.41) is 3.20. The third-order valence-corrected chi connectivity index (χ3v) is 3.52. The van der Waals surface area contributed by atoms with Crippen LogP contribution in [0.4, 0.5) is 0 Å². The third kappa shape index (κ3) is 3.16. The number of methoxy groups -OCH3 is 2. The van der Waals surface area contributed by atoms with Gasteiger partial charge in [-0.05, 0) is 25.6 Å². The first-order valence-electron chi connectivity index (χ1n) is 6.38. The topological polar surface area (TPSA) is 50.8 Å². The van der Waals surface area contributed by atoms with Gasteiger partial charge in [0.05, 0.1) is 19.8 Å². The average molecular weight is 301 g/mol. The van der Waals surface area contributed by atoms with E-state index < -0.39 is 0 Å². The van der Waals surface area contributed by atoms with Crippen LogP contribution in [0.15, 0.2) is 18.2 Å². The van der Waals surface area contributed by atoms with Gasteiger partial charge < -0.3 is 19.7 Å². The molecule has 1 saturated heterocycles. The van der Waals surface area contributed by atoms with Gasteiger partial charge in [0.2, 0.25) is 0 Å². The molecule has 1 aromatic carbocycles. The fourth-order valence-corrected chi connectivity index (χ4v) is 2.41. The van der Waals surface area contributed by atoms with Crippen molar-refractivity contribution in [2.75, 3.05) is 34.4 Å². The lowest BCUT2D eigenvalue weighted by Crippen LogP contribution is -2.33. The molecule has 0 spiro atoms. The molecule has 1 atom stereocenters. The summed E-state index contributed by atoms with van der Waals surface area (Å²) in [6, 6.07) is 5.74. The minimum Gasteiger partial charge on any atom is -0.493 e. The Hall–Kier alpha value is -1.46. The van der Waals surface area contributed by atoms with Crippen LogP contribution < -0.4 is 14.8 Å². The highest BCUT2D eigenvalue weighted by atomic mass is 35.5. The van der Waals surface area contributed by atoms with E-state index >= 15 is 0 Å². The fourth-order valence-electron chi connectivity index (χ4n) is 2.41. The first-order valence-corrected chi connectivity index (χ1v) is 6.38. The number of nitrogens with zero attached hydrogens (tertiary/aromatic N) is 1. The lowest BCUT2D eigenvalue weighted by atomic mass is 10.1. The number of ether oxygens (including phenoxy) is 2. The van der Waals surface area contributed by atoms with E-state index in [-0.39, 0.29) is 18.3 Å². The molecule has 1 aliphatic heterocycles. The standard InChI is InChI=1S/C14H20N2O3.ClH/c1-15-10-7-8-16(9-10)14(17)11-5-4-6-12(18-2)13(11)19-3;/h4-6,10,15H,7-9H2,1-3H3;1H. The lowest BCUT2D eigenvalue weighted by Gasteiger charge is -2.19. The maximum atomic E-state index is 12.5. The van der Waals surface area contributed by atoms with Gasteiger partial charge in [0, 0.05) is 19.1 Å². The molecular weight excluding hydrogens is 280 g/mol. The number of likely N-dealkylation sites (N-methyl/N-ethyl adjacent to an activating group) is 1. The molecule has 1 heterocycles. The highest BCUT2D eigenvalue weighted by molar-refractivity contribution is 5.98. The van der Waals surface area contributed by atoms with E-state index in [9.17, 15) is 4.79 Å². The zero-order valence-electron chi connectivity index (χ0n) is 12.0. The second kappa shape index (κ2) is 7.36. The van der Waals surface area contributed by atoms with Crippen LogP contribution >= 0.6 is 12.4 Å². The monoisotopic (exact) mass is 300 g/mol. The molecule has 20 heavy (non-hydrogen) atoms. The van der Waals surface area contributed by atoms with Crippen LogP contribution in [-0.4, -0.2) is 51.2 Å². The van der Waals surface area contributed by atoms with Crippen LogP contribution in [0.3, 0.4) is 0 Å². The minimum absolute atomic E-state index is 0. The van der Waals surface area contributed by atoms with Gasteiger partial charge in [-0.3, -0.25) is 4.79 Å². The van der Waals surface area contributed by atoms with Gasteiger partial charge >= 0.3 is 0 Å². The summed E-state index contributed by atoms with van der Waals surface area (Å²) in [6.07, 6.45) is 0.981. The summed E-state index contributed by atoms with van der Waals surface area (Å²) in [4.78, 5) is 14.4. The maximum Gasteiger partial charge on any atom is 0.257 e. The number of hydrogen-bond donors (Lipinski definition) is 1. The lowest BCUT2D eigenvalue weighted by molar-refractivity contribution is 0.0785. The number of para-hydroxylation sites is 1. The summed E-state index contributed by atoms with van der Waals surface area (Å²) in [5.74, 6) is 1.08. The molecule has 6 heteroatoms. The zero-order chi connectivity index (χ0) is 13.8. The molecule has 2 rings (SSSR count). The van der Waals surface area contributed by atoms with E-state index in [4.69, 9.17) is 9.47 Å². The Morgan fingerprint density at radius 1 is 1.35 bits per heavy atom. The van der Waals surface area contributed by atoms with Crippen LogP contribution in [0.5, 0.6) is 11.5 Å². The Balaban J connectivity index is 0.00000200. The maximum absolute atomic E-state index is 12.5. The van der Waals surface area contributed by atoms with Gasteiger partial charge in [-0.25, -0.2) is 0 Å². The van der Waals surface area contributed by atoms with Crippen LogP contribution in [0, 0.1) is 0 Å². The zero-order valence-corrected chi connectivity index (χ0v) is 12.8. The van der Waals surface area contributed by atoms with E-state index in [2.05, 4.69) is 5.32 Å². The first-order chi connectivity index (χ1) is 9.21. The van der Waals surface area contributed by atoms with Crippen molar-refractivity contribution in [3.8, 4) is 11.5 Å². The fraction of sp³-hybridized carbons (Fsp3) is 0.500. The van der Waals surface area contributed by atoms with E-state index in [1.54, 1.807) is 32.4 Å². The second-order valence-corrected chi connectivity index (χ2v) is 4.57. The molecule has 1 fully saturated rings. The van der Waals surface area contributed by atoms with Crippen molar-refractivity contribution in [1.29, 1.82) is 0 Å². The third-order valence-electron chi connectivity index (χ3n) is 3.52. The quantitative estimate of drug-likeness (QED) is 0.917. The van der Waals surface area contributed by atoms with Crippen molar-refractivity contribution in [3.05, 3.63) is 23.8 Å². The number of nitrogens with one attached hydrogen (secondary N) is 1. The number of carbonyl (C=O) groups is 1. The Labute approximate surface area is 125 Å². The number of rotatable bonds is 4. The Morgan fingerprint density at radius 3 is 2.65 bits per heavy atom. The molecule has 1 amide bonds. The summed E-state index contributed by atoms with van der Waals surface area (Å²) >= 11 is 0. The van der Waals surface area contributed by atoms with Crippen molar-refractivity contribution >= 4 is 18.3 Å². The summed E-state index contributed by atoms with van der Waals surface area (Å²) in [6.45, 7) is 1.50. The Morgan fingerprint density at radius 2 is 2.10 bits per heavy atom. The predicted molar refractivity (Wildman–Crippen MR) is 80.2 cm³/mol. The summed E-state index contributed by atoms with van der Waals surface area (Å²) < 4.78 is 10.5. The van der Waals surface area contributed by atoms with Gasteiger partial charge in [-0.15, -0.1) is 12.4 Å². The van der Waals surface area contributed by atoms with Gasteiger partial charge in [0.15, 0.2) is 11.5 Å². The average Bonchev–Trinajstić information content (AvgIpc) is 2.94. The van der Waals surface area contributed by atoms with Crippen LogP contribution in [-0.2, 0) is 0 Å². The number of carbonyl (C=O) groups excluding carboxylic acids is 1. The minimum atomic E-state index is -0.00602. The normalized spacial score (nSPS) is 17.6. The molecule has 0 bridgehead atoms. The van der Waals surface area contributed by atoms with Crippen molar-refractivity contribution in [2.45, 2.75) is 12.5 Å². The Kier molecular flexibility index (Phi) is 6.10. The second-order valence-electron chi connectivity index (χ2n) is 4.57. The van der Waals surface area contributed by atoms with Crippen molar-refractivity contribution < 1.29 is 14.3 Å². The molecule has 112 valence electrons. The number of halogens is 1. The van der Waals surface area contributed by atoms with Crippen LogP contribution in [0.2, 0.25) is 0 Å².